The van der Waals surface area contributed by atoms with Gasteiger partial charge in [0.15, 0.2) is 0 Å². The van der Waals surface area contributed by atoms with E-state index < -0.39 is 12.0 Å². The Balaban J connectivity index is 0.00000256. The molecular formula is C9H9Br3ClNO3. The van der Waals surface area contributed by atoms with Gasteiger partial charge in [-0.3, -0.25) is 4.79 Å². The van der Waals surface area contributed by atoms with Crippen LogP contribution in [-0.2, 0) is 9.53 Å². The van der Waals surface area contributed by atoms with Gasteiger partial charge >= 0.3 is 5.97 Å². The smallest absolute Gasteiger partial charge is 0.327 e. The number of ether oxygens (including phenoxy) is 1. The third kappa shape index (κ3) is 3.57. The first kappa shape index (κ1) is 17.2. The zero-order valence-corrected chi connectivity index (χ0v) is 14.1. The lowest BCUT2D eigenvalue weighted by atomic mass is 10.1. The first-order valence-corrected chi connectivity index (χ1v) is 6.47. The van der Waals surface area contributed by atoms with E-state index in [9.17, 15) is 9.90 Å². The third-order valence-corrected chi connectivity index (χ3v) is 4.01. The summed E-state index contributed by atoms with van der Waals surface area (Å²) in [6, 6.07) is 0.644. The second kappa shape index (κ2) is 6.94. The molecule has 0 radical (unpaired) electrons. The van der Waals surface area contributed by atoms with Crippen molar-refractivity contribution in [3.05, 3.63) is 25.0 Å². The largest absolute Gasteiger partial charge is 0.506 e. The van der Waals surface area contributed by atoms with E-state index in [0.717, 1.165) is 0 Å². The van der Waals surface area contributed by atoms with Gasteiger partial charge in [0.25, 0.3) is 0 Å². The van der Waals surface area contributed by atoms with E-state index in [2.05, 4.69) is 52.5 Å². The van der Waals surface area contributed by atoms with Gasteiger partial charge in [-0.25, -0.2) is 0 Å². The number of aromatic hydroxyl groups is 1. The summed E-state index contributed by atoms with van der Waals surface area (Å²) in [6.45, 7) is 0. The van der Waals surface area contributed by atoms with Gasteiger partial charge in [0.1, 0.15) is 11.8 Å². The second-order valence-electron chi connectivity index (χ2n) is 2.92. The molecule has 0 fully saturated rings. The zero-order chi connectivity index (χ0) is 12.5. The van der Waals surface area contributed by atoms with Crippen LogP contribution in [-0.4, -0.2) is 18.2 Å². The average Bonchev–Trinajstić information content (AvgIpc) is 2.24. The number of phenols is 1. The number of rotatable bonds is 2. The van der Waals surface area contributed by atoms with E-state index >= 15 is 0 Å². The fraction of sp³-hybridized carbons (Fsp3) is 0.222. The van der Waals surface area contributed by atoms with Crippen molar-refractivity contribution in [2.75, 3.05) is 7.11 Å². The van der Waals surface area contributed by atoms with Gasteiger partial charge in [0, 0.05) is 10.0 Å². The quantitative estimate of drug-likeness (QED) is 0.673. The number of hydrogen-bond donors (Lipinski definition) is 2. The lowest BCUT2D eigenvalue weighted by Crippen LogP contribution is -2.23. The van der Waals surface area contributed by atoms with Gasteiger partial charge < -0.3 is 15.6 Å². The van der Waals surface area contributed by atoms with Crippen molar-refractivity contribution >= 4 is 66.2 Å². The van der Waals surface area contributed by atoms with Crippen molar-refractivity contribution in [1.29, 1.82) is 0 Å². The molecule has 1 aromatic rings. The first-order valence-electron chi connectivity index (χ1n) is 4.10. The van der Waals surface area contributed by atoms with Gasteiger partial charge in [-0.15, -0.1) is 12.4 Å². The summed E-state index contributed by atoms with van der Waals surface area (Å²) in [6.07, 6.45) is 0. The van der Waals surface area contributed by atoms with Crippen molar-refractivity contribution in [3.8, 4) is 5.75 Å². The van der Waals surface area contributed by atoms with Crippen molar-refractivity contribution in [3.63, 3.8) is 0 Å². The molecule has 0 aliphatic heterocycles. The third-order valence-electron chi connectivity index (χ3n) is 1.95. The summed E-state index contributed by atoms with van der Waals surface area (Å²) in [5.74, 6) is -0.597. The van der Waals surface area contributed by atoms with Crippen LogP contribution in [0.15, 0.2) is 19.5 Å². The molecule has 0 saturated heterocycles. The summed E-state index contributed by atoms with van der Waals surface area (Å²) in [5, 5.41) is 9.69. The Morgan fingerprint density at radius 3 is 2.41 bits per heavy atom. The number of methoxy groups -OCH3 is 1. The van der Waals surface area contributed by atoms with E-state index in [1.807, 2.05) is 0 Å². The number of nitrogens with two attached hydrogens (primary N) is 1. The molecule has 0 amide bonds. The highest BCUT2D eigenvalue weighted by atomic mass is 79.9. The van der Waals surface area contributed by atoms with Gasteiger partial charge in [0.2, 0.25) is 0 Å². The fourth-order valence-electron chi connectivity index (χ4n) is 1.12. The number of phenolic OH excluding ortho intramolecular Hbond substituents is 1. The Bertz CT molecular complexity index is 442. The van der Waals surface area contributed by atoms with Crippen LogP contribution >= 0.6 is 60.2 Å². The summed E-state index contributed by atoms with van der Waals surface area (Å²) in [7, 11) is 1.25. The first-order chi connectivity index (χ1) is 7.40. The number of esters is 1. The molecule has 0 unspecified atom stereocenters. The number of halogens is 4. The molecule has 96 valence electrons. The summed E-state index contributed by atoms with van der Waals surface area (Å²) in [4.78, 5) is 11.3. The van der Waals surface area contributed by atoms with E-state index in [-0.39, 0.29) is 18.2 Å². The Morgan fingerprint density at radius 1 is 1.41 bits per heavy atom. The maximum absolute atomic E-state index is 11.3. The van der Waals surface area contributed by atoms with Gasteiger partial charge in [-0.1, -0.05) is 15.9 Å². The van der Waals surface area contributed by atoms with Crippen LogP contribution in [0.1, 0.15) is 11.6 Å². The highest BCUT2D eigenvalue weighted by Crippen LogP contribution is 2.41. The Hall–Kier alpha value is 0.180. The van der Waals surface area contributed by atoms with E-state index in [4.69, 9.17) is 5.73 Å². The molecular weight excluding hydrogens is 445 g/mol. The minimum Gasteiger partial charge on any atom is -0.506 e. The number of carbonyl (C=O) groups excluding carboxylic acids is 1. The fourth-order valence-corrected chi connectivity index (χ4v) is 3.74. The molecule has 0 aromatic heterocycles. The topological polar surface area (TPSA) is 72.5 Å². The molecule has 17 heavy (non-hydrogen) atoms. The maximum atomic E-state index is 11.3. The van der Waals surface area contributed by atoms with Gasteiger partial charge in [0.05, 0.1) is 16.1 Å². The Morgan fingerprint density at radius 2 is 1.94 bits per heavy atom. The van der Waals surface area contributed by atoms with Crippen molar-refractivity contribution in [1.82, 2.24) is 0 Å². The molecule has 0 aliphatic carbocycles. The molecule has 4 nitrogen and oxygen atoms in total. The van der Waals surface area contributed by atoms with E-state index in [1.54, 1.807) is 6.07 Å². The highest BCUT2D eigenvalue weighted by molar-refractivity contribution is 9.11. The molecule has 0 saturated carbocycles. The number of benzene rings is 1. The van der Waals surface area contributed by atoms with Crippen LogP contribution in [0, 0.1) is 0 Å². The Kier molecular flexibility index (Phi) is 7.01. The normalized spacial score (nSPS) is 11.6. The molecule has 1 atom stereocenters. The zero-order valence-electron chi connectivity index (χ0n) is 8.54. The molecule has 8 heteroatoms. The molecule has 3 N–H and O–H groups in total. The van der Waals surface area contributed by atoms with Crippen LogP contribution in [0.5, 0.6) is 5.75 Å². The predicted molar refractivity (Wildman–Crippen MR) is 77.4 cm³/mol. The average molecular weight is 454 g/mol. The SMILES string of the molecule is COC(=O)[C@H](N)c1c(Br)cc(Br)c(O)c1Br.Cl. The predicted octanol–water partition coefficient (Wildman–Crippen LogP) is 3.27. The molecule has 0 heterocycles. The van der Waals surface area contributed by atoms with Crippen LogP contribution in [0.25, 0.3) is 0 Å². The van der Waals surface area contributed by atoms with Crippen LogP contribution < -0.4 is 5.73 Å². The number of carbonyl (C=O) groups is 1. The van der Waals surface area contributed by atoms with E-state index in [1.165, 1.54) is 7.11 Å². The Labute approximate surface area is 130 Å². The van der Waals surface area contributed by atoms with Crippen molar-refractivity contribution < 1.29 is 14.6 Å². The monoisotopic (exact) mass is 451 g/mol. The molecule has 1 rings (SSSR count). The second-order valence-corrected chi connectivity index (χ2v) is 5.42. The maximum Gasteiger partial charge on any atom is 0.327 e. The molecule has 0 aliphatic rings. The van der Waals surface area contributed by atoms with Crippen molar-refractivity contribution in [2.24, 2.45) is 5.73 Å². The summed E-state index contributed by atoms with van der Waals surface area (Å²) < 4.78 is 5.99. The van der Waals surface area contributed by atoms with Gasteiger partial charge in [-0.2, -0.15) is 0 Å². The summed E-state index contributed by atoms with van der Waals surface area (Å²) in [5.41, 5.74) is 6.15. The summed E-state index contributed by atoms with van der Waals surface area (Å²) >= 11 is 9.62. The minimum atomic E-state index is -0.965. The van der Waals surface area contributed by atoms with Crippen LogP contribution in [0.4, 0.5) is 0 Å². The van der Waals surface area contributed by atoms with Crippen molar-refractivity contribution in [2.45, 2.75) is 6.04 Å². The standard InChI is InChI=1S/C9H8Br3NO3.ClH/c1-16-9(15)7(13)5-3(10)2-4(11)8(14)6(5)12;/h2,7,14H,13H2,1H3;1H/t7-;/m1./s1. The van der Waals surface area contributed by atoms with Crippen LogP contribution in [0.3, 0.4) is 0 Å². The molecule has 1 aromatic carbocycles. The molecule has 0 bridgehead atoms. The lowest BCUT2D eigenvalue weighted by molar-refractivity contribution is -0.142. The number of hydrogen-bond acceptors (Lipinski definition) is 4. The van der Waals surface area contributed by atoms with Gasteiger partial charge in [-0.05, 0) is 37.9 Å². The lowest BCUT2D eigenvalue weighted by Gasteiger charge is -2.15. The molecule has 0 spiro atoms. The van der Waals surface area contributed by atoms with E-state index in [0.29, 0.717) is 19.0 Å². The van der Waals surface area contributed by atoms with Crippen LogP contribution in [0.2, 0.25) is 0 Å². The minimum absolute atomic E-state index is 0. The highest BCUT2D eigenvalue weighted by Gasteiger charge is 2.24.